The van der Waals surface area contributed by atoms with E-state index in [-0.39, 0.29) is 16.1 Å². The Hall–Kier alpha value is -1.93. The van der Waals surface area contributed by atoms with E-state index in [0.29, 0.717) is 5.69 Å². The molecule has 8 heteroatoms. The van der Waals surface area contributed by atoms with Gasteiger partial charge < -0.3 is 9.52 Å². The highest BCUT2D eigenvalue weighted by Gasteiger charge is 2.59. The maximum absolute atomic E-state index is 13.4. The summed E-state index contributed by atoms with van der Waals surface area (Å²) in [5.74, 6) is -0.769. The van der Waals surface area contributed by atoms with Gasteiger partial charge in [-0.3, -0.25) is 0 Å². The number of aryl methyl sites for hydroxylation is 1. The second-order valence-electron chi connectivity index (χ2n) is 4.90. The number of aliphatic hydroxyl groups is 1. The van der Waals surface area contributed by atoms with Crippen molar-refractivity contribution in [2.24, 2.45) is 0 Å². The molecule has 0 saturated heterocycles. The topological polar surface area (TPSA) is 59.2 Å². The van der Waals surface area contributed by atoms with E-state index in [1.54, 1.807) is 24.4 Å². The van der Waals surface area contributed by atoms with Crippen LogP contribution in [0.5, 0.6) is 0 Å². The monoisotopic (exact) mass is 328 g/mol. The summed E-state index contributed by atoms with van der Waals surface area (Å²) in [5.41, 5.74) is -2.16. The Kier molecular flexibility index (Phi) is 3.45. The molecule has 116 valence electrons. The number of benzene rings is 1. The Morgan fingerprint density at radius 2 is 1.95 bits per heavy atom. The summed E-state index contributed by atoms with van der Waals surface area (Å²) >= 11 is 1.05. The van der Waals surface area contributed by atoms with Crippen molar-refractivity contribution in [2.75, 3.05) is 0 Å². The minimum atomic E-state index is -4.94. The molecule has 0 aliphatic rings. The number of hydrogen-bond acceptors (Lipinski definition) is 5. The van der Waals surface area contributed by atoms with Gasteiger partial charge in [-0.2, -0.15) is 13.2 Å². The third kappa shape index (κ3) is 2.48. The molecule has 0 radical (unpaired) electrons. The lowest BCUT2D eigenvalue weighted by Gasteiger charge is -2.26. The van der Waals surface area contributed by atoms with Crippen LogP contribution < -0.4 is 0 Å². The molecule has 0 aliphatic carbocycles. The van der Waals surface area contributed by atoms with E-state index >= 15 is 0 Å². The number of aromatic nitrogens is 2. The van der Waals surface area contributed by atoms with E-state index in [1.165, 1.54) is 12.1 Å². The molecule has 0 amide bonds. The quantitative estimate of drug-likeness (QED) is 0.798. The lowest BCUT2D eigenvalue weighted by atomic mass is 9.99. The Labute approximate surface area is 127 Å². The lowest BCUT2D eigenvalue weighted by molar-refractivity contribution is -0.273. The fourth-order valence-electron chi connectivity index (χ4n) is 2.05. The van der Waals surface area contributed by atoms with Crippen molar-refractivity contribution in [3.63, 3.8) is 0 Å². The molecule has 0 saturated carbocycles. The molecule has 2 heterocycles. The molecule has 22 heavy (non-hydrogen) atoms. The number of thiazole rings is 1. The molecular weight excluding hydrogens is 317 g/mol. The number of para-hydroxylation sites is 2. The summed E-state index contributed by atoms with van der Waals surface area (Å²) in [7, 11) is 0. The number of halogens is 3. The molecule has 0 spiro atoms. The highest BCUT2D eigenvalue weighted by Crippen LogP contribution is 2.42. The van der Waals surface area contributed by atoms with Gasteiger partial charge in [0.2, 0.25) is 11.5 Å². The van der Waals surface area contributed by atoms with Gasteiger partial charge >= 0.3 is 6.18 Å². The molecule has 3 aromatic rings. The van der Waals surface area contributed by atoms with Crippen LogP contribution in [0.3, 0.4) is 0 Å². The number of oxazole rings is 1. The van der Waals surface area contributed by atoms with E-state index < -0.39 is 24.1 Å². The normalized spacial score (nSPS) is 15.1. The van der Waals surface area contributed by atoms with E-state index in [9.17, 15) is 18.3 Å². The molecule has 0 aliphatic heterocycles. The Balaban J connectivity index is 2.09. The van der Waals surface area contributed by atoms with Crippen LogP contribution in [0.1, 0.15) is 16.6 Å². The second-order valence-corrected chi connectivity index (χ2v) is 5.85. The predicted octanol–water partition coefficient (Wildman–Crippen LogP) is 3.59. The van der Waals surface area contributed by atoms with E-state index in [4.69, 9.17) is 4.42 Å². The summed E-state index contributed by atoms with van der Waals surface area (Å²) in [6.07, 6.45) is -5.67. The first-order valence-corrected chi connectivity index (χ1v) is 7.24. The van der Waals surface area contributed by atoms with Gasteiger partial charge in [-0.25, -0.2) is 9.97 Å². The van der Waals surface area contributed by atoms with Gasteiger partial charge in [0.25, 0.3) is 0 Å². The number of nitrogens with zero attached hydrogens (tertiary/aromatic N) is 2. The molecule has 3 rings (SSSR count). The highest BCUT2D eigenvalue weighted by atomic mass is 32.1. The summed E-state index contributed by atoms with van der Waals surface area (Å²) < 4.78 is 45.4. The zero-order chi connectivity index (χ0) is 16.0. The van der Waals surface area contributed by atoms with Gasteiger partial charge in [-0.1, -0.05) is 12.1 Å². The van der Waals surface area contributed by atoms with Crippen molar-refractivity contribution in [1.29, 1.82) is 0 Å². The molecular formula is C14H11F3N2O2S. The maximum atomic E-state index is 13.4. The predicted molar refractivity (Wildman–Crippen MR) is 74.5 cm³/mol. The van der Waals surface area contributed by atoms with Crippen LogP contribution >= 0.6 is 11.3 Å². The number of alkyl halides is 3. The summed E-state index contributed by atoms with van der Waals surface area (Å²) in [6, 6.07) is 6.27. The van der Waals surface area contributed by atoms with E-state index in [0.717, 1.165) is 11.3 Å². The van der Waals surface area contributed by atoms with Crippen LogP contribution in [0.25, 0.3) is 11.1 Å². The second kappa shape index (κ2) is 5.06. The summed E-state index contributed by atoms with van der Waals surface area (Å²) in [5, 5.41) is 12.1. The first kappa shape index (κ1) is 15.0. The molecule has 0 fully saturated rings. The van der Waals surface area contributed by atoms with E-state index in [2.05, 4.69) is 9.97 Å². The van der Waals surface area contributed by atoms with Crippen LogP contribution in [0, 0.1) is 6.92 Å². The van der Waals surface area contributed by atoms with Gasteiger partial charge in [-0.15, -0.1) is 11.3 Å². The van der Waals surface area contributed by atoms with Crippen LogP contribution in [-0.2, 0) is 12.0 Å². The fourth-order valence-corrected chi connectivity index (χ4v) is 2.90. The fraction of sp³-hybridized carbons (Fsp3) is 0.286. The van der Waals surface area contributed by atoms with Gasteiger partial charge in [-0.05, 0) is 19.1 Å². The van der Waals surface area contributed by atoms with Crippen molar-refractivity contribution >= 4 is 22.4 Å². The van der Waals surface area contributed by atoms with E-state index in [1.807, 2.05) is 0 Å². The molecule has 1 atom stereocenters. The molecule has 0 bridgehead atoms. The molecule has 2 aromatic heterocycles. The van der Waals surface area contributed by atoms with Gasteiger partial charge in [0, 0.05) is 17.5 Å². The van der Waals surface area contributed by atoms with Crippen molar-refractivity contribution < 1.29 is 22.7 Å². The van der Waals surface area contributed by atoms with Gasteiger partial charge in [0.05, 0.1) is 5.01 Å². The first-order chi connectivity index (χ1) is 10.3. The molecule has 1 N–H and O–H groups in total. The molecule has 1 aromatic carbocycles. The minimum absolute atomic E-state index is 0.166. The standard InChI is InChI=1S/C14H11F3N2O2S/c1-8-7-22-11(18-8)6-13(20,14(15,16)17)12-19-9-4-2-3-5-10(9)21-12/h2-5,7,20H,6H2,1H3/t13-/m0/s1. The third-order valence-electron chi connectivity index (χ3n) is 3.19. The SMILES string of the molecule is Cc1csc(C[C@](O)(c2nc3ccccc3o2)C(F)(F)F)n1. The third-order valence-corrected chi connectivity index (χ3v) is 4.16. The van der Waals surface area contributed by atoms with Crippen LogP contribution in [0.15, 0.2) is 34.1 Å². The average Bonchev–Trinajstić information content (AvgIpc) is 3.03. The Morgan fingerprint density at radius 1 is 1.23 bits per heavy atom. The van der Waals surface area contributed by atoms with Crippen molar-refractivity contribution in [2.45, 2.75) is 25.1 Å². The van der Waals surface area contributed by atoms with Crippen LogP contribution in [0.2, 0.25) is 0 Å². The number of fused-ring (bicyclic) bond motifs is 1. The highest BCUT2D eigenvalue weighted by molar-refractivity contribution is 7.09. The smallest absolute Gasteiger partial charge is 0.426 e. The molecule has 0 unspecified atom stereocenters. The largest absolute Gasteiger partial charge is 0.437 e. The number of hydrogen-bond donors (Lipinski definition) is 1. The zero-order valence-corrected chi connectivity index (χ0v) is 12.2. The maximum Gasteiger partial charge on any atom is 0.426 e. The van der Waals surface area contributed by atoms with Crippen LogP contribution in [-0.4, -0.2) is 21.3 Å². The van der Waals surface area contributed by atoms with Gasteiger partial charge in [0.1, 0.15) is 5.52 Å². The first-order valence-electron chi connectivity index (χ1n) is 6.36. The van der Waals surface area contributed by atoms with Crippen molar-refractivity contribution in [3.8, 4) is 0 Å². The van der Waals surface area contributed by atoms with Crippen molar-refractivity contribution in [3.05, 3.63) is 46.2 Å². The Bertz CT molecular complexity index is 779. The Morgan fingerprint density at radius 3 is 2.55 bits per heavy atom. The summed E-state index contributed by atoms with van der Waals surface area (Å²) in [4.78, 5) is 7.77. The molecule has 4 nitrogen and oxygen atoms in total. The zero-order valence-electron chi connectivity index (χ0n) is 11.4. The minimum Gasteiger partial charge on any atom is -0.437 e. The lowest BCUT2D eigenvalue weighted by Crippen LogP contribution is -2.44. The van der Waals surface area contributed by atoms with Gasteiger partial charge in [0.15, 0.2) is 5.58 Å². The van der Waals surface area contributed by atoms with Crippen molar-refractivity contribution in [1.82, 2.24) is 9.97 Å². The summed E-state index contributed by atoms with van der Waals surface area (Å²) in [6.45, 7) is 1.67. The number of rotatable bonds is 3. The van der Waals surface area contributed by atoms with Crippen LogP contribution in [0.4, 0.5) is 13.2 Å². The average molecular weight is 328 g/mol.